The van der Waals surface area contributed by atoms with Crippen molar-refractivity contribution in [2.45, 2.75) is 6.54 Å². The van der Waals surface area contributed by atoms with Crippen molar-refractivity contribution in [3.05, 3.63) is 29.8 Å². The van der Waals surface area contributed by atoms with Crippen LogP contribution in [0.4, 0.5) is 10.5 Å². The Kier molecular flexibility index (Phi) is 4.30. The molecule has 0 aromatic heterocycles. The fourth-order valence-corrected chi connectivity index (χ4v) is 1.88. The summed E-state index contributed by atoms with van der Waals surface area (Å²) in [6.07, 6.45) is -1.06. The van der Waals surface area contributed by atoms with Crippen molar-refractivity contribution in [3.63, 3.8) is 0 Å². The predicted octanol–water partition coefficient (Wildman–Crippen LogP) is 0.158. The first-order valence-corrected chi connectivity index (χ1v) is 6.12. The summed E-state index contributed by atoms with van der Waals surface area (Å²) in [6.45, 7) is 0.292. The van der Waals surface area contributed by atoms with Gasteiger partial charge in [0.1, 0.15) is 0 Å². The molecule has 0 radical (unpaired) electrons. The largest absolute Gasteiger partial charge is 0.452 e. The summed E-state index contributed by atoms with van der Waals surface area (Å²) in [4.78, 5) is 10.8. The lowest BCUT2D eigenvalue weighted by Crippen LogP contribution is -2.35. The maximum atomic E-state index is 11.4. The number of benzene rings is 1. The Labute approximate surface area is 99.1 Å². The van der Waals surface area contributed by atoms with Crippen LogP contribution in [0.5, 0.6) is 0 Å². The molecule has 0 heterocycles. The second-order valence-electron chi connectivity index (χ2n) is 3.10. The van der Waals surface area contributed by atoms with E-state index in [0.717, 1.165) is 12.7 Å². The van der Waals surface area contributed by atoms with Gasteiger partial charge in [-0.1, -0.05) is 12.1 Å². The standard InChI is InChI=1S/C9H13N3O4S/c1-16-9(13)12-17(14,15)11-8-4-2-3-7(5-8)6-10/h2-5,11H,6,10H2,1H3,(H,12,13). The molecular formula is C9H13N3O4S. The van der Waals surface area contributed by atoms with Crippen LogP contribution in [0.3, 0.4) is 0 Å². The van der Waals surface area contributed by atoms with Gasteiger partial charge in [-0.25, -0.2) is 9.52 Å². The molecule has 8 heteroatoms. The van der Waals surface area contributed by atoms with E-state index in [9.17, 15) is 13.2 Å². The Bertz CT molecular complexity index is 501. The van der Waals surface area contributed by atoms with Crippen molar-refractivity contribution in [2.24, 2.45) is 5.73 Å². The molecule has 1 rings (SSSR count). The van der Waals surface area contributed by atoms with Crippen molar-refractivity contribution in [2.75, 3.05) is 11.8 Å². The highest BCUT2D eigenvalue weighted by Gasteiger charge is 2.14. The smallest absolute Gasteiger partial charge is 0.422 e. The van der Waals surface area contributed by atoms with Crippen molar-refractivity contribution in [3.8, 4) is 0 Å². The molecule has 0 saturated heterocycles. The van der Waals surface area contributed by atoms with Crippen LogP contribution in [0.25, 0.3) is 0 Å². The van der Waals surface area contributed by atoms with E-state index >= 15 is 0 Å². The van der Waals surface area contributed by atoms with Gasteiger partial charge in [-0.2, -0.15) is 8.42 Å². The number of hydrogen-bond acceptors (Lipinski definition) is 5. The molecule has 7 nitrogen and oxygen atoms in total. The third-order valence-corrected chi connectivity index (χ3v) is 2.76. The number of nitrogens with one attached hydrogen (secondary N) is 2. The Hall–Kier alpha value is -1.80. The first-order chi connectivity index (χ1) is 7.96. The Morgan fingerprint density at radius 1 is 1.47 bits per heavy atom. The maximum Gasteiger partial charge on any atom is 0.422 e. The summed E-state index contributed by atoms with van der Waals surface area (Å²) < 4.78 is 30.8. The van der Waals surface area contributed by atoms with E-state index in [-0.39, 0.29) is 0 Å². The van der Waals surface area contributed by atoms with Gasteiger partial charge in [0.25, 0.3) is 0 Å². The Balaban J connectivity index is 2.79. The number of hydrogen-bond donors (Lipinski definition) is 3. The Morgan fingerprint density at radius 2 is 2.18 bits per heavy atom. The minimum atomic E-state index is -3.99. The summed E-state index contributed by atoms with van der Waals surface area (Å²) in [5.41, 5.74) is 6.49. The fraction of sp³-hybridized carbons (Fsp3) is 0.222. The zero-order valence-electron chi connectivity index (χ0n) is 9.14. The van der Waals surface area contributed by atoms with Gasteiger partial charge < -0.3 is 10.5 Å². The normalized spacial score (nSPS) is 10.7. The summed E-state index contributed by atoms with van der Waals surface area (Å²) in [6, 6.07) is 6.51. The molecule has 0 unspecified atom stereocenters. The molecule has 1 aromatic rings. The third kappa shape index (κ3) is 4.29. The summed E-state index contributed by atoms with van der Waals surface area (Å²) in [5.74, 6) is 0. The monoisotopic (exact) mass is 259 g/mol. The SMILES string of the molecule is COC(=O)NS(=O)(=O)Nc1cccc(CN)c1. The van der Waals surface area contributed by atoms with E-state index in [1.54, 1.807) is 22.9 Å². The lowest BCUT2D eigenvalue weighted by Gasteiger charge is -2.09. The van der Waals surface area contributed by atoms with Crippen LogP contribution in [-0.2, 0) is 21.5 Å². The van der Waals surface area contributed by atoms with E-state index in [1.807, 2.05) is 0 Å². The average molecular weight is 259 g/mol. The molecule has 17 heavy (non-hydrogen) atoms. The quantitative estimate of drug-likeness (QED) is 0.713. The lowest BCUT2D eigenvalue weighted by molar-refractivity contribution is 0.177. The van der Waals surface area contributed by atoms with Crippen LogP contribution in [0.15, 0.2) is 24.3 Å². The minimum absolute atomic E-state index is 0.292. The van der Waals surface area contributed by atoms with Crippen LogP contribution < -0.4 is 15.2 Å². The van der Waals surface area contributed by atoms with Gasteiger partial charge >= 0.3 is 16.3 Å². The molecule has 0 spiro atoms. The van der Waals surface area contributed by atoms with E-state index < -0.39 is 16.3 Å². The lowest BCUT2D eigenvalue weighted by atomic mass is 10.2. The van der Waals surface area contributed by atoms with Gasteiger partial charge in [-0.3, -0.25) is 4.72 Å². The first-order valence-electron chi connectivity index (χ1n) is 4.64. The van der Waals surface area contributed by atoms with Crippen LogP contribution in [-0.4, -0.2) is 21.6 Å². The molecule has 1 aromatic carbocycles. The molecule has 0 aliphatic heterocycles. The molecule has 0 atom stereocenters. The van der Waals surface area contributed by atoms with Gasteiger partial charge in [0.2, 0.25) is 0 Å². The minimum Gasteiger partial charge on any atom is -0.452 e. The number of ether oxygens (including phenoxy) is 1. The maximum absolute atomic E-state index is 11.4. The summed E-state index contributed by atoms with van der Waals surface area (Å²) in [5, 5.41) is 0. The van der Waals surface area contributed by atoms with Crippen molar-refractivity contribution >= 4 is 22.0 Å². The topological polar surface area (TPSA) is 111 Å². The van der Waals surface area contributed by atoms with Gasteiger partial charge in [0.15, 0.2) is 0 Å². The number of methoxy groups -OCH3 is 1. The van der Waals surface area contributed by atoms with E-state index in [1.165, 1.54) is 6.07 Å². The van der Waals surface area contributed by atoms with Crippen molar-refractivity contribution in [1.29, 1.82) is 0 Å². The summed E-state index contributed by atoms with van der Waals surface area (Å²) in [7, 11) is -2.92. The zero-order chi connectivity index (χ0) is 12.9. The molecule has 0 aliphatic carbocycles. The highest BCUT2D eigenvalue weighted by molar-refractivity contribution is 7.91. The molecule has 0 saturated carbocycles. The Morgan fingerprint density at radius 3 is 2.76 bits per heavy atom. The van der Waals surface area contributed by atoms with Crippen LogP contribution in [0.2, 0.25) is 0 Å². The highest BCUT2D eigenvalue weighted by atomic mass is 32.2. The van der Waals surface area contributed by atoms with Crippen molar-refractivity contribution < 1.29 is 17.9 Å². The predicted molar refractivity (Wildman–Crippen MR) is 62.4 cm³/mol. The molecule has 4 N–H and O–H groups in total. The van der Waals surface area contributed by atoms with E-state index in [0.29, 0.717) is 12.2 Å². The van der Waals surface area contributed by atoms with Crippen LogP contribution in [0, 0.1) is 0 Å². The molecule has 1 amide bonds. The average Bonchev–Trinajstić information content (AvgIpc) is 2.27. The van der Waals surface area contributed by atoms with Gasteiger partial charge in [0.05, 0.1) is 12.8 Å². The van der Waals surface area contributed by atoms with Gasteiger partial charge in [0, 0.05) is 6.54 Å². The molecule has 94 valence electrons. The number of carbonyl (C=O) groups is 1. The number of nitrogens with two attached hydrogens (primary N) is 1. The molecule has 0 bridgehead atoms. The fourth-order valence-electron chi connectivity index (χ4n) is 1.09. The van der Waals surface area contributed by atoms with E-state index in [4.69, 9.17) is 5.73 Å². The third-order valence-electron chi connectivity index (χ3n) is 1.82. The zero-order valence-corrected chi connectivity index (χ0v) is 9.95. The van der Waals surface area contributed by atoms with Crippen LogP contribution >= 0.6 is 0 Å². The second kappa shape index (κ2) is 5.51. The summed E-state index contributed by atoms with van der Waals surface area (Å²) >= 11 is 0. The molecular weight excluding hydrogens is 246 g/mol. The number of carbonyl (C=O) groups excluding carboxylic acids is 1. The van der Waals surface area contributed by atoms with Crippen molar-refractivity contribution in [1.82, 2.24) is 4.72 Å². The van der Waals surface area contributed by atoms with E-state index in [2.05, 4.69) is 9.46 Å². The number of rotatable bonds is 4. The number of anilines is 1. The highest BCUT2D eigenvalue weighted by Crippen LogP contribution is 2.11. The second-order valence-corrected chi connectivity index (χ2v) is 4.52. The molecule has 0 aliphatic rings. The van der Waals surface area contributed by atoms with Gasteiger partial charge in [-0.05, 0) is 17.7 Å². The van der Waals surface area contributed by atoms with Crippen LogP contribution in [0.1, 0.15) is 5.56 Å². The van der Waals surface area contributed by atoms with Gasteiger partial charge in [-0.15, -0.1) is 0 Å². The first kappa shape index (κ1) is 13.3. The number of amides is 1. The molecule has 0 fully saturated rings.